The van der Waals surface area contributed by atoms with Crippen molar-refractivity contribution in [1.82, 2.24) is 9.97 Å². The summed E-state index contributed by atoms with van der Waals surface area (Å²) in [7, 11) is 0. The van der Waals surface area contributed by atoms with Gasteiger partial charge in [0, 0.05) is 18.0 Å². The first-order valence-corrected chi connectivity index (χ1v) is 5.53. The Balaban J connectivity index is 2.36. The number of nitrogens with zero attached hydrogens (tertiary/aromatic N) is 1. The van der Waals surface area contributed by atoms with E-state index in [2.05, 4.69) is 9.97 Å². The molecule has 1 aromatic rings. The maximum Gasteiger partial charge on any atom is 0.254 e. The predicted molar refractivity (Wildman–Crippen MR) is 58.9 cm³/mol. The fraction of sp³-hybridized carbons (Fsp3) is 0.636. The number of aromatic amines is 1. The quantitative estimate of drug-likeness (QED) is 0.743. The molecule has 0 saturated carbocycles. The Kier molecular flexibility index (Phi) is 2.86. The molecule has 2 rings (SSSR count). The largest absolute Gasteiger partial charge is 0.328 e. The molecule has 1 heterocycles. The molecule has 1 atom stereocenters. The smallest absolute Gasteiger partial charge is 0.254 e. The number of rotatable bonds is 2. The molecule has 0 saturated heterocycles. The standard InChI is InChI=1S/C11H17N3O/c1-7(12)6-10-13-9-5-3-2-4-8(9)11(15)14-10/h7H,2-6,12H2,1H3,(H,13,14,15). The van der Waals surface area contributed by atoms with E-state index in [1.807, 2.05) is 6.92 Å². The lowest BCUT2D eigenvalue weighted by Gasteiger charge is -2.15. The van der Waals surface area contributed by atoms with Gasteiger partial charge in [0.1, 0.15) is 5.82 Å². The summed E-state index contributed by atoms with van der Waals surface area (Å²) in [5.41, 5.74) is 7.60. The van der Waals surface area contributed by atoms with E-state index in [1.165, 1.54) is 0 Å². The molecule has 82 valence electrons. The van der Waals surface area contributed by atoms with Gasteiger partial charge in [-0.3, -0.25) is 4.79 Å². The molecular weight excluding hydrogens is 190 g/mol. The lowest BCUT2D eigenvalue weighted by Crippen LogP contribution is -2.26. The van der Waals surface area contributed by atoms with Crippen LogP contribution in [0.5, 0.6) is 0 Å². The van der Waals surface area contributed by atoms with Crippen LogP contribution >= 0.6 is 0 Å². The summed E-state index contributed by atoms with van der Waals surface area (Å²) in [6.07, 6.45) is 4.69. The Bertz CT molecular complexity index is 409. The van der Waals surface area contributed by atoms with Crippen molar-refractivity contribution in [1.29, 1.82) is 0 Å². The van der Waals surface area contributed by atoms with Gasteiger partial charge >= 0.3 is 0 Å². The number of hydrogen-bond acceptors (Lipinski definition) is 3. The summed E-state index contributed by atoms with van der Waals surface area (Å²) in [6.45, 7) is 1.92. The summed E-state index contributed by atoms with van der Waals surface area (Å²) in [4.78, 5) is 19.0. The molecule has 0 amide bonds. The molecule has 0 spiro atoms. The molecule has 0 fully saturated rings. The van der Waals surface area contributed by atoms with Gasteiger partial charge in [0.2, 0.25) is 0 Å². The molecule has 1 aliphatic carbocycles. The van der Waals surface area contributed by atoms with Crippen LogP contribution in [-0.2, 0) is 19.3 Å². The Hall–Kier alpha value is -1.16. The van der Waals surface area contributed by atoms with E-state index in [0.29, 0.717) is 6.42 Å². The van der Waals surface area contributed by atoms with Gasteiger partial charge < -0.3 is 10.7 Å². The second-order valence-corrected chi connectivity index (χ2v) is 4.33. The molecule has 1 aromatic heterocycles. The zero-order valence-electron chi connectivity index (χ0n) is 9.05. The van der Waals surface area contributed by atoms with Crippen molar-refractivity contribution in [2.24, 2.45) is 5.73 Å². The van der Waals surface area contributed by atoms with Crippen LogP contribution in [0, 0.1) is 0 Å². The highest BCUT2D eigenvalue weighted by Crippen LogP contribution is 2.15. The second-order valence-electron chi connectivity index (χ2n) is 4.33. The number of aryl methyl sites for hydroxylation is 1. The van der Waals surface area contributed by atoms with Gasteiger partial charge in [-0.1, -0.05) is 0 Å². The average molecular weight is 207 g/mol. The van der Waals surface area contributed by atoms with Crippen molar-refractivity contribution < 1.29 is 0 Å². The fourth-order valence-electron chi connectivity index (χ4n) is 2.06. The minimum atomic E-state index is 0.0368. The highest BCUT2D eigenvalue weighted by molar-refractivity contribution is 5.20. The minimum Gasteiger partial charge on any atom is -0.328 e. The molecule has 1 aliphatic rings. The summed E-state index contributed by atoms with van der Waals surface area (Å²) < 4.78 is 0. The van der Waals surface area contributed by atoms with Crippen LogP contribution in [0.15, 0.2) is 4.79 Å². The Morgan fingerprint density at radius 3 is 2.93 bits per heavy atom. The van der Waals surface area contributed by atoms with Crippen LogP contribution in [0.4, 0.5) is 0 Å². The van der Waals surface area contributed by atoms with Gasteiger partial charge in [-0.2, -0.15) is 0 Å². The van der Waals surface area contributed by atoms with Crippen molar-refractivity contribution in [3.8, 4) is 0 Å². The van der Waals surface area contributed by atoms with E-state index in [-0.39, 0.29) is 11.6 Å². The maximum absolute atomic E-state index is 11.7. The summed E-state index contributed by atoms with van der Waals surface area (Å²) >= 11 is 0. The van der Waals surface area contributed by atoms with Gasteiger partial charge in [-0.15, -0.1) is 0 Å². The number of nitrogens with two attached hydrogens (primary N) is 1. The SMILES string of the molecule is CC(N)Cc1nc2c(c(=O)[nH]1)CCCC2. The first kappa shape index (κ1) is 10.4. The summed E-state index contributed by atoms with van der Waals surface area (Å²) in [5, 5.41) is 0. The molecule has 0 bridgehead atoms. The van der Waals surface area contributed by atoms with Gasteiger partial charge in [0.05, 0.1) is 5.69 Å². The van der Waals surface area contributed by atoms with Crippen LogP contribution in [0.3, 0.4) is 0 Å². The van der Waals surface area contributed by atoms with Gasteiger partial charge in [0.25, 0.3) is 5.56 Å². The van der Waals surface area contributed by atoms with E-state index in [0.717, 1.165) is 42.8 Å². The highest BCUT2D eigenvalue weighted by Gasteiger charge is 2.15. The van der Waals surface area contributed by atoms with Gasteiger partial charge in [0.15, 0.2) is 0 Å². The highest BCUT2D eigenvalue weighted by atomic mass is 16.1. The third-order valence-electron chi connectivity index (χ3n) is 2.76. The van der Waals surface area contributed by atoms with Crippen LogP contribution in [-0.4, -0.2) is 16.0 Å². The van der Waals surface area contributed by atoms with Crippen molar-refractivity contribution >= 4 is 0 Å². The van der Waals surface area contributed by atoms with Crippen molar-refractivity contribution in [3.63, 3.8) is 0 Å². The van der Waals surface area contributed by atoms with E-state index in [9.17, 15) is 4.79 Å². The van der Waals surface area contributed by atoms with Crippen molar-refractivity contribution in [3.05, 3.63) is 27.4 Å². The maximum atomic E-state index is 11.7. The minimum absolute atomic E-state index is 0.0368. The molecule has 15 heavy (non-hydrogen) atoms. The summed E-state index contributed by atoms with van der Waals surface area (Å²) in [6, 6.07) is 0.0368. The lowest BCUT2D eigenvalue weighted by molar-refractivity contribution is 0.631. The summed E-state index contributed by atoms with van der Waals surface area (Å²) in [5.74, 6) is 0.732. The molecular formula is C11H17N3O. The average Bonchev–Trinajstić information content (AvgIpc) is 2.16. The number of H-pyrrole nitrogens is 1. The topological polar surface area (TPSA) is 71.8 Å². The molecule has 0 aliphatic heterocycles. The number of nitrogens with one attached hydrogen (secondary N) is 1. The number of aromatic nitrogens is 2. The number of hydrogen-bond donors (Lipinski definition) is 2. The van der Waals surface area contributed by atoms with Crippen LogP contribution in [0.2, 0.25) is 0 Å². The van der Waals surface area contributed by atoms with Crippen molar-refractivity contribution in [2.75, 3.05) is 0 Å². The molecule has 4 heteroatoms. The molecule has 0 radical (unpaired) electrons. The van der Waals surface area contributed by atoms with Gasteiger partial charge in [-0.05, 0) is 32.6 Å². The molecule has 1 unspecified atom stereocenters. The van der Waals surface area contributed by atoms with E-state index in [1.54, 1.807) is 0 Å². The van der Waals surface area contributed by atoms with E-state index in [4.69, 9.17) is 5.73 Å². The molecule has 4 nitrogen and oxygen atoms in total. The van der Waals surface area contributed by atoms with E-state index >= 15 is 0 Å². The molecule has 3 N–H and O–H groups in total. The van der Waals surface area contributed by atoms with Crippen molar-refractivity contribution in [2.45, 2.75) is 45.1 Å². The lowest BCUT2D eigenvalue weighted by atomic mass is 9.97. The predicted octanol–water partition coefficient (Wildman–Crippen LogP) is 0.538. The second kappa shape index (κ2) is 4.14. The molecule has 0 aromatic carbocycles. The first-order chi connectivity index (χ1) is 7.16. The Morgan fingerprint density at radius 1 is 1.47 bits per heavy atom. The van der Waals surface area contributed by atoms with E-state index < -0.39 is 0 Å². The fourth-order valence-corrected chi connectivity index (χ4v) is 2.06. The van der Waals surface area contributed by atoms with Gasteiger partial charge in [-0.25, -0.2) is 4.98 Å². The Labute approximate surface area is 88.9 Å². The number of fused-ring (bicyclic) bond motifs is 1. The third-order valence-corrected chi connectivity index (χ3v) is 2.76. The normalized spacial score (nSPS) is 17.2. The zero-order valence-corrected chi connectivity index (χ0v) is 9.05. The first-order valence-electron chi connectivity index (χ1n) is 5.53. The zero-order chi connectivity index (χ0) is 10.8. The van der Waals surface area contributed by atoms with Crippen LogP contribution < -0.4 is 11.3 Å². The van der Waals surface area contributed by atoms with Crippen LogP contribution in [0.25, 0.3) is 0 Å². The van der Waals surface area contributed by atoms with Crippen LogP contribution in [0.1, 0.15) is 36.8 Å². The Morgan fingerprint density at radius 2 is 2.20 bits per heavy atom. The third kappa shape index (κ3) is 2.26. The monoisotopic (exact) mass is 207 g/mol.